The van der Waals surface area contributed by atoms with Crippen LogP contribution < -0.4 is 10.5 Å². The number of halogens is 5. The molecule has 112 valence electrons. The number of ether oxygens (including phenoxy) is 1. The van der Waals surface area contributed by atoms with Gasteiger partial charge in [0.25, 0.3) is 0 Å². The number of alkyl halides is 3. The number of benzene rings is 2. The van der Waals surface area contributed by atoms with Gasteiger partial charge in [-0.15, -0.1) is 13.2 Å². The molecule has 0 aliphatic heterocycles. The SMILES string of the molecule is NC(c1ccc(OC(F)(F)F)cc1)c1cccc(Br)c1F. The Bertz CT molecular complexity index is 628. The topological polar surface area (TPSA) is 35.2 Å². The number of hydrogen-bond acceptors (Lipinski definition) is 2. The molecule has 0 heterocycles. The molecule has 21 heavy (non-hydrogen) atoms. The molecular formula is C14H10BrF4NO. The van der Waals surface area contributed by atoms with E-state index in [0.29, 0.717) is 5.56 Å². The van der Waals surface area contributed by atoms with E-state index in [-0.39, 0.29) is 15.8 Å². The summed E-state index contributed by atoms with van der Waals surface area (Å²) in [5, 5.41) is 0. The highest BCUT2D eigenvalue weighted by molar-refractivity contribution is 9.10. The van der Waals surface area contributed by atoms with Crippen LogP contribution >= 0.6 is 15.9 Å². The minimum atomic E-state index is -4.75. The Morgan fingerprint density at radius 2 is 1.67 bits per heavy atom. The second-order valence-corrected chi connectivity index (χ2v) is 5.09. The maximum atomic E-state index is 13.9. The monoisotopic (exact) mass is 363 g/mol. The van der Waals surface area contributed by atoms with Crippen LogP contribution in [0, 0.1) is 5.82 Å². The lowest BCUT2D eigenvalue weighted by molar-refractivity contribution is -0.274. The molecule has 2 rings (SSSR count). The molecule has 2 aromatic rings. The zero-order valence-electron chi connectivity index (χ0n) is 10.5. The van der Waals surface area contributed by atoms with Crippen LogP contribution in [0.3, 0.4) is 0 Å². The van der Waals surface area contributed by atoms with Gasteiger partial charge in [0, 0.05) is 5.56 Å². The van der Waals surface area contributed by atoms with Crippen molar-refractivity contribution >= 4 is 15.9 Å². The summed E-state index contributed by atoms with van der Waals surface area (Å²) in [6.45, 7) is 0. The van der Waals surface area contributed by atoms with Crippen LogP contribution in [-0.4, -0.2) is 6.36 Å². The normalized spacial score (nSPS) is 13.0. The van der Waals surface area contributed by atoms with E-state index < -0.39 is 18.2 Å². The first kappa shape index (κ1) is 15.8. The number of rotatable bonds is 3. The fourth-order valence-corrected chi connectivity index (χ4v) is 2.20. The zero-order valence-corrected chi connectivity index (χ0v) is 12.1. The van der Waals surface area contributed by atoms with Gasteiger partial charge < -0.3 is 10.5 Å². The lowest BCUT2D eigenvalue weighted by atomic mass is 9.99. The molecule has 1 atom stereocenters. The predicted octanol–water partition coefficient (Wildman–Crippen LogP) is 4.53. The lowest BCUT2D eigenvalue weighted by Crippen LogP contribution is -2.17. The standard InChI is InChI=1S/C14H10BrF4NO/c15-11-3-1-2-10(12(11)16)13(20)8-4-6-9(7-5-8)21-14(17,18)19/h1-7,13H,20H2. The lowest BCUT2D eigenvalue weighted by Gasteiger charge is -2.15. The third kappa shape index (κ3) is 3.95. The van der Waals surface area contributed by atoms with Gasteiger partial charge in [0.2, 0.25) is 0 Å². The first-order valence-corrected chi connectivity index (χ1v) is 6.62. The van der Waals surface area contributed by atoms with E-state index in [1.165, 1.54) is 24.3 Å². The second kappa shape index (κ2) is 6.03. The Balaban J connectivity index is 2.24. The second-order valence-electron chi connectivity index (χ2n) is 4.24. The van der Waals surface area contributed by atoms with E-state index in [1.54, 1.807) is 6.07 Å². The first-order chi connectivity index (χ1) is 9.78. The summed E-state index contributed by atoms with van der Waals surface area (Å²) in [6.07, 6.45) is -4.75. The summed E-state index contributed by atoms with van der Waals surface area (Å²) in [6, 6.07) is 8.90. The molecule has 0 radical (unpaired) electrons. The highest BCUT2D eigenvalue weighted by Crippen LogP contribution is 2.29. The molecule has 0 aliphatic carbocycles. The molecule has 0 spiro atoms. The molecule has 1 unspecified atom stereocenters. The van der Waals surface area contributed by atoms with Gasteiger partial charge >= 0.3 is 6.36 Å². The van der Waals surface area contributed by atoms with Crippen LogP contribution in [-0.2, 0) is 0 Å². The minimum Gasteiger partial charge on any atom is -0.406 e. The van der Waals surface area contributed by atoms with Crippen LogP contribution in [0.25, 0.3) is 0 Å². The molecule has 0 bridgehead atoms. The van der Waals surface area contributed by atoms with Gasteiger partial charge in [-0.3, -0.25) is 0 Å². The van der Waals surface area contributed by atoms with E-state index in [2.05, 4.69) is 20.7 Å². The van der Waals surface area contributed by atoms with Crippen molar-refractivity contribution in [1.29, 1.82) is 0 Å². The maximum absolute atomic E-state index is 13.9. The maximum Gasteiger partial charge on any atom is 0.573 e. The van der Waals surface area contributed by atoms with Crippen LogP contribution in [0.1, 0.15) is 17.2 Å². The molecule has 0 amide bonds. The molecule has 0 fully saturated rings. The van der Waals surface area contributed by atoms with Crippen LogP contribution in [0.5, 0.6) is 5.75 Å². The fourth-order valence-electron chi connectivity index (χ4n) is 1.82. The summed E-state index contributed by atoms with van der Waals surface area (Å²) >= 11 is 3.06. The van der Waals surface area contributed by atoms with Gasteiger partial charge in [-0.1, -0.05) is 24.3 Å². The van der Waals surface area contributed by atoms with Crippen LogP contribution in [0.15, 0.2) is 46.9 Å². The van der Waals surface area contributed by atoms with Crippen LogP contribution in [0.4, 0.5) is 17.6 Å². The fraction of sp³-hybridized carbons (Fsp3) is 0.143. The van der Waals surface area contributed by atoms with Gasteiger partial charge in [-0.05, 0) is 39.7 Å². The van der Waals surface area contributed by atoms with E-state index in [1.807, 2.05) is 0 Å². The van der Waals surface area contributed by atoms with Crippen molar-refractivity contribution in [2.45, 2.75) is 12.4 Å². The van der Waals surface area contributed by atoms with Gasteiger partial charge in [0.1, 0.15) is 11.6 Å². The molecule has 0 aromatic heterocycles. The Labute approximate surface area is 126 Å². The van der Waals surface area contributed by atoms with Crippen molar-refractivity contribution < 1.29 is 22.3 Å². The van der Waals surface area contributed by atoms with Crippen molar-refractivity contribution in [2.24, 2.45) is 5.73 Å². The Morgan fingerprint density at radius 1 is 1.05 bits per heavy atom. The molecule has 0 aliphatic rings. The third-order valence-corrected chi connectivity index (χ3v) is 3.40. The van der Waals surface area contributed by atoms with Crippen molar-refractivity contribution in [3.05, 3.63) is 63.9 Å². The Hall–Kier alpha value is -1.60. The van der Waals surface area contributed by atoms with Crippen molar-refractivity contribution in [3.8, 4) is 5.75 Å². The summed E-state index contributed by atoms with van der Waals surface area (Å²) in [4.78, 5) is 0. The molecular weight excluding hydrogens is 354 g/mol. The molecule has 2 nitrogen and oxygen atoms in total. The summed E-state index contributed by atoms with van der Waals surface area (Å²) in [7, 11) is 0. The summed E-state index contributed by atoms with van der Waals surface area (Å²) in [5.41, 5.74) is 6.66. The Kier molecular flexibility index (Phi) is 4.53. The van der Waals surface area contributed by atoms with Crippen LogP contribution in [0.2, 0.25) is 0 Å². The van der Waals surface area contributed by atoms with Crippen molar-refractivity contribution in [2.75, 3.05) is 0 Å². The molecule has 0 saturated carbocycles. The van der Waals surface area contributed by atoms with Crippen molar-refractivity contribution in [1.82, 2.24) is 0 Å². The Morgan fingerprint density at radius 3 is 2.24 bits per heavy atom. The number of hydrogen-bond donors (Lipinski definition) is 1. The smallest absolute Gasteiger partial charge is 0.406 e. The van der Waals surface area contributed by atoms with Gasteiger partial charge in [-0.25, -0.2) is 4.39 Å². The van der Waals surface area contributed by atoms with Gasteiger partial charge in [0.05, 0.1) is 10.5 Å². The van der Waals surface area contributed by atoms with E-state index >= 15 is 0 Å². The zero-order chi connectivity index (χ0) is 15.6. The highest BCUT2D eigenvalue weighted by atomic mass is 79.9. The van der Waals surface area contributed by atoms with Crippen molar-refractivity contribution in [3.63, 3.8) is 0 Å². The minimum absolute atomic E-state index is 0.244. The first-order valence-electron chi connectivity index (χ1n) is 5.83. The third-order valence-electron chi connectivity index (χ3n) is 2.79. The largest absolute Gasteiger partial charge is 0.573 e. The summed E-state index contributed by atoms with van der Waals surface area (Å²) in [5.74, 6) is -0.853. The quantitative estimate of drug-likeness (QED) is 0.812. The molecule has 2 aromatic carbocycles. The van der Waals surface area contributed by atoms with E-state index in [9.17, 15) is 17.6 Å². The van der Waals surface area contributed by atoms with Gasteiger partial charge in [0.15, 0.2) is 0 Å². The van der Waals surface area contributed by atoms with Gasteiger partial charge in [-0.2, -0.15) is 0 Å². The average molecular weight is 364 g/mol. The van der Waals surface area contributed by atoms with E-state index in [4.69, 9.17) is 5.73 Å². The molecule has 2 N–H and O–H groups in total. The predicted molar refractivity (Wildman–Crippen MR) is 73.3 cm³/mol. The van der Waals surface area contributed by atoms with E-state index in [0.717, 1.165) is 12.1 Å². The molecule has 7 heteroatoms. The number of nitrogens with two attached hydrogens (primary N) is 1. The molecule has 0 saturated heterocycles. The summed E-state index contributed by atoms with van der Waals surface area (Å²) < 4.78 is 54.2. The highest BCUT2D eigenvalue weighted by Gasteiger charge is 2.31. The average Bonchev–Trinajstić information content (AvgIpc) is 2.40.